The molecule has 1 aliphatic heterocycles. The average Bonchev–Trinajstić information content (AvgIpc) is 2.61. The van der Waals surface area contributed by atoms with Gasteiger partial charge in [0, 0.05) is 24.1 Å². The molecule has 0 unspecified atom stereocenters. The molecule has 0 atom stereocenters. The number of hydrogen-bond acceptors (Lipinski definition) is 2. The van der Waals surface area contributed by atoms with Gasteiger partial charge in [-0.3, -0.25) is 4.99 Å². The molecule has 4 nitrogen and oxygen atoms in total. The minimum absolute atomic E-state index is 0.159. The molecule has 6 heteroatoms. The number of aryl methyl sites for hydroxylation is 1. The van der Waals surface area contributed by atoms with E-state index in [2.05, 4.69) is 44.6 Å². The summed E-state index contributed by atoms with van der Waals surface area (Å²) < 4.78 is 19.9. The lowest BCUT2D eigenvalue weighted by Gasteiger charge is -2.15. The van der Waals surface area contributed by atoms with E-state index in [9.17, 15) is 4.39 Å². The summed E-state index contributed by atoms with van der Waals surface area (Å²) in [5.74, 6) is 0.666. The van der Waals surface area contributed by atoms with Crippen LogP contribution >= 0.6 is 15.9 Å². The summed E-state index contributed by atoms with van der Waals surface area (Å²) in [5.41, 5.74) is 2.18. The molecule has 2 rings (SSSR count). The van der Waals surface area contributed by atoms with Crippen LogP contribution in [-0.2, 0) is 11.2 Å². The van der Waals surface area contributed by atoms with E-state index >= 15 is 0 Å². The Bertz CT molecular complexity index is 604. The lowest BCUT2D eigenvalue weighted by Crippen LogP contribution is -2.38. The maximum absolute atomic E-state index is 13.8. The van der Waals surface area contributed by atoms with E-state index in [1.807, 2.05) is 12.1 Å². The summed E-state index contributed by atoms with van der Waals surface area (Å²) in [7, 11) is 0. The van der Waals surface area contributed by atoms with E-state index in [1.54, 1.807) is 0 Å². The van der Waals surface area contributed by atoms with E-state index in [0.717, 1.165) is 61.6 Å². The van der Waals surface area contributed by atoms with Crippen molar-refractivity contribution in [1.29, 1.82) is 0 Å². The number of nitrogens with one attached hydrogen (secondary N) is 2. The number of nitrogens with zero attached hydrogens (tertiary/aromatic N) is 1. The number of rotatable bonds is 8. The molecule has 1 heterocycles. The highest BCUT2D eigenvalue weighted by Crippen LogP contribution is 2.16. The molecule has 1 aromatic carbocycles. The number of aliphatic imine (C=N–C) groups is 1. The van der Waals surface area contributed by atoms with Crippen molar-refractivity contribution in [2.75, 3.05) is 32.8 Å². The van der Waals surface area contributed by atoms with Crippen molar-refractivity contribution in [2.45, 2.75) is 32.6 Å². The third-order valence-corrected chi connectivity index (χ3v) is 4.52. The molecule has 0 saturated carbocycles. The second-order valence-electron chi connectivity index (χ2n) is 5.96. The van der Waals surface area contributed by atoms with Crippen LogP contribution in [0.3, 0.4) is 0 Å². The first-order valence-corrected chi connectivity index (χ1v) is 9.70. The first kappa shape index (κ1) is 19.9. The smallest absolute Gasteiger partial charge is 0.191 e. The molecule has 0 spiro atoms. The Morgan fingerprint density at radius 1 is 1.32 bits per heavy atom. The summed E-state index contributed by atoms with van der Waals surface area (Å²) >= 11 is 3.28. The zero-order valence-corrected chi connectivity index (χ0v) is 16.4. The molecule has 0 bridgehead atoms. The van der Waals surface area contributed by atoms with Crippen LogP contribution < -0.4 is 10.6 Å². The van der Waals surface area contributed by atoms with Crippen molar-refractivity contribution in [2.24, 2.45) is 4.99 Å². The van der Waals surface area contributed by atoms with Crippen LogP contribution in [-0.4, -0.2) is 38.8 Å². The number of guanidine groups is 1. The Morgan fingerprint density at radius 3 is 2.92 bits per heavy atom. The van der Waals surface area contributed by atoms with Crippen molar-refractivity contribution in [1.82, 2.24) is 10.6 Å². The lowest BCUT2D eigenvalue weighted by molar-refractivity contribution is 0.153. The van der Waals surface area contributed by atoms with Gasteiger partial charge in [-0.05, 0) is 50.3 Å². The highest BCUT2D eigenvalue weighted by atomic mass is 79.9. The van der Waals surface area contributed by atoms with Gasteiger partial charge in [-0.2, -0.15) is 0 Å². The number of benzene rings is 1. The summed E-state index contributed by atoms with van der Waals surface area (Å²) in [5, 5.41) is 6.61. The average molecular weight is 412 g/mol. The molecule has 1 aromatic rings. The summed E-state index contributed by atoms with van der Waals surface area (Å²) in [6.45, 7) is 5.96. The number of halogens is 2. The van der Waals surface area contributed by atoms with Gasteiger partial charge in [0.25, 0.3) is 0 Å². The van der Waals surface area contributed by atoms with Crippen molar-refractivity contribution in [3.63, 3.8) is 0 Å². The van der Waals surface area contributed by atoms with Gasteiger partial charge in [0.05, 0.1) is 13.2 Å². The van der Waals surface area contributed by atoms with Gasteiger partial charge in [0.15, 0.2) is 5.96 Å². The Morgan fingerprint density at radius 2 is 2.20 bits per heavy atom. The normalized spacial score (nSPS) is 15.0. The van der Waals surface area contributed by atoms with Gasteiger partial charge in [-0.15, -0.1) is 0 Å². The Labute approximate surface area is 158 Å². The molecular weight excluding hydrogens is 385 g/mol. The lowest BCUT2D eigenvalue weighted by atomic mass is 10.1. The molecule has 0 fully saturated rings. The summed E-state index contributed by atoms with van der Waals surface area (Å²) in [6, 6.07) is 5.21. The Balaban J connectivity index is 1.73. The monoisotopic (exact) mass is 411 g/mol. The van der Waals surface area contributed by atoms with Crippen LogP contribution in [0.4, 0.5) is 4.39 Å². The van der Waals surface area contributed by atoms with Crippen LogP contribution in [0.2, 0.25) is 0 Å². The van der Waals surface area contributed by atoms with Crippen molar-refractivity contribution in [3.05, 3.63) is 45.7 Å². The molecule has 2 N–H and O–H groups in total. The molecule has 0 aromatic heterocycles. The molecule has 0 saturated heterocycles. The predicted octanol–water partition coefficient (Wildman–Crippen LogP) is 3.81. The largest absolute Gasteiger partial charge is 0.377 e. The second-order valence-corrected chi connectivity index (χ2v) is 6.88. The minimum Gasteiger partial charge on any atom is -0.377 e. The first-order chi connectivity index (χ1) is 12.2. The maximum atomic E-state index is 13.8. The van der Waals surface area contributed by atoms with Gasteiger partial charge in [0.1, 0.15) is 5.82 Å². The fourth-order valence-corrected chi connectivity index (χ4v) is 2.99. The maximum Gasteiger partial charge on any atom is 0.191 e. The highest BCUT2D eigenvalue weighted by Gasteiger charge is 2.05. The quantitative estimate of drug-likeness (QED) is 0.296. The van der Waals surface area contributed by atoms with Crippen molar-refractivity contribution in [3.8, 4) is 0 Å². The summed E-state index contributed by atoms with van der Waals surface area (Å²) in [4.78, 5) is 4.58. The van der Waals surface area contributed by atoms with Crippen molar-refractivity contribution >= 4 is 21.9 Å². The van der Waals surface area contributed by atoms with E-state index in [-0.39, 0.29) is 5.82 Å². The molecule has 138 valence electrons. The Kier molecular flexibility index (Phi) is 8.97. The third-order valence-electron chi connectivity index (χ3n) is 4.03. The van der Waals surface area contributed by atoms with E-state index < -0.39 is 0 Å². The van der Waals surface area contributed by atoms with Gasteiger partial charge in [-0.1, -0.05) is 33.6 Å². The van der Waals surface area contributed by atoms with Crippen LogP contribution in [0.25, 0.3) is 0 Å². The highest BCUT2D eigenvalue weighted by molar-refractivity contribution is 9.10. The van der Waals surface area contributed by atoms with Crippen LogP contribution in [0.1, 0.15) is 31.7 Å². The summed E-state index contributed by atoms with van der Waals surface area (Å²) in [6.07, 6.45) is 5.71. The molecule has 1 aliphatic rings. The SMILES string of the molecule is CCNC(=NCCCc1ccc(Br)cc1F)NCCC1=CCOCC1. The Hall–Kier alpha value is -1.40. The number of ether oxygens (including phenoxy) is 1. The van der Waals surface area contributed by atoms with Gasteiger partial charge < -0.3 is 15.4 Å². The molecular formula is C19H27BrFN3O. The number of hydrogen-bond donors (Lipinski definition) is 2. The van der Waals surface area contributed by atoms with Gasteiger partial charge in [0.2, 0.25) is 0 Å². The molecule has 25 heavy (non-hydrogen) atoms. The zero-order chi connectivity index (χ0) is 17.9. The zero-order valence-electron chi connectivity index (χ0n) is 14.8. The van der Waals surface area contributed by atoms with E-state index in [4.69, 9.17) is 4.74 Å². The molecule has 0 radical (unpaired) electrons. The van der Waals surface area contributed by atoms with Crippen molar-refractivity contribution < 1.29 is 9.13 Å². The van der Waals surface area contributed by atoms with Gasteiger partial charge >= 0.3 is 0 Å². The van der Waals surface area contributed by atoms with Crippen LogP contribution in [0.15, 0.2) is 39.3 Å². The third kappa shape index (κ3) is 7.57. The van der Waals surface area contributed by atoms with E-state index in [1.165, 1.54) is 11.6 Å². The molecule has 0 amide bonds. The molecule has 0 aliphatic carbocycles. The second kappa shape index (κ2) is 11.3. The fraction of sp³-hybridized carbons (Fsp3) is 0.526. The fourth-order valence-electron chi connectivity index (χ4n) is 2.66. The standard InChI is InChI=1S/C19H27BrFN3O/c1-2-22-19(24-11-7-15-8-12-25-13-9-15)23-10-3-4-16-5-6-17(20)14-18(16)21/h5-6,8,14H,2-4,7,9-13H2,1H3,(H2,22,23,24). The topological polar surface area (TPSA) is 45.7 Å². The first-order valence-electron chi connectivity index (χ1n) is 8.90. The van der Waals surface area contributed by atoms with Crippen LogP contribution in [0, 0.1) is 5.82 Å². The minimum atomic E-state index is -0.159. The predicted molar refractivity (Wildman–Crippen MR) is 105 cm³/mol. The van der Waals surface area contributed by atoms with Gasteiger partial charge in [-0.25, -0.2) is 4.39 Å². The van der Waals surface area contributed by atoms with Crippen LogP contribution in [0.5, 0.6) is 0 Å². The van der Waals surface area contributed by atoms with E-state index in [0.29, 0.717) is 13.0 Å².